The summed E-state index contributed by atoms with van der Waals surface area (Å²) in [6.07, 6.45) is 0.263. The molecule has 1 fully saturated rings. The molecule has 0 aliphatic carbocycles. The lowest BCUT2D eigenvalue weighted by atomic mass is 10.1. The highest BCUT2D eigenvalue weighted by Gasteiger charge is 2.31. The van der Waals surface area contributed by atoms with Gasteiger partial charge in [0.25, 0.3) is 10.1 Å². The summed E-state index contributed by atoms with van der Waals surface area (Å²) in [6.45, 7) is 8.02. The van der Waals surface area contributed by atoms with Crippen molar-refractivity contribution in [3.05, 3.63) is 29.8 Å². The Labute approximate surface area is 143 Å². The Balaban J connectivity index is 2.02. The molecule has 0 radical (unpaired) electrons. The average Bonchev–Trinajstić information content (AvgIpc) is 2.45. The first kappa shape index (κ1) is 18.7. The Bertz CT molecular complexity index is 676. The minimum atomic E-state index is -3.84. The summed E-state index contributed by atoms with van der Waals surface area (Å²) in [5, 5.41) is 0. The molecule has 0 N–H and O–H groups in total. The number of piperidine rings is 1. The lowest BCUT2D eigenvalue weighted by molar-refractivity contribution is 0.00840. The van der Waals surface area contributed by atoms with E-state index in [4.69, 9.17) is 8.92 Å². The molecule has 0 aromatic heterocycles. The molecular formula is C17H25NO5S. The third kappa shape index (κ3) is 5.21. The van der Waals surface area contributed by atoms with Crippen LogP contribution in [0.3, 0.4) is 0 Å². The molecule has 134 valence electrons. The van der Waals surface area contributed by atoms with Gasteiger partial charge in [0.15, 0.2) is 0 Å². The molecule has 1 heterocycles. The van der Waals surface area contributed by atoms with E-state index in [0.717, 1.165) is 5.56 Å². The fraction of sp³-hybridized carbons (Fsp3) is 0.588. The van der Waals surface area contributed by atoms with Crippen LogP contribution in [-0.2, 0) is 19.0 Å². The normalized spacial score (nSPS) is 19.2. The highest BCUT2D eigenvalue weighted by molar-refractivity contribution is 7.86. The number of ether oxygens (including phenoxy) is 1. The van der Waals surface area contributed by atoms with Crippen molar-refractivity contribution in [3.8, 4) is 0 Å². The fourth-order valence-electron chi connectivity index (χ4n) is 2.45. The van der Waals surface area contributed by atoms with Gasteiger partial charge < -0.3 is 9.64 Å². The van der Waals surface area contributed by atoms with Crippen molar-refractivity contribution in [2.24, 2.45) is 0 Å². The van der Waals surface area contributed by atoms with E-state index in [1.807, 2.05) is 6.92 Å². The van der Waals surface area contributed by atoms with Gasteiger partial charge in [0, 0.05) is 6.54 Å². The Kier molecular flexibility index (Phi) is 5.55. The largest absolute Gasteiger partial charge is 0.444 e. The average molecular weight is 355 g/mol. The summed E-state index contributed by atoms with van der Waals surface area (Å²) < 4.78 is 35.4. The highest BCUT2D eigenvalue weighted by Crippen LogP contribution is 2.22. The number of nitrogens with zero attached hydrogens (tertiary/aromatic N) is 1. The molecule has 0 unspecified atom stereocenters. The minimum Gasteiger partial charge on any atom is -0.444 e. The van der Waals surface area contributed by atoms with Crippen molar-refractivity contribution < 1.29 is 22.1 Å². The third-order valence-electron chi connectivity index (χ3n) is 3.60. The zero-order valence-electron chi connectivity index (χ0n) is 14.6. The summed E-state index contributed by atoms with van der Waals surface area (Å²) in [6, 6.07) is 6.51. The van der Waals surface area contributed by atoms with Crippen LogP contribution >= 0.6 is 0 Å². The Hall–Kier alpha value is -1.60. The molecule has 24 heavy (non-hydrogen) atoms. The topological polar surface area (TPSA) is 72.9 Å². The predicted octanol–water partition coefficient (Wildman–Crippen LogP) is 3.10. The van der Waals surface area contributed by atoms with Crippen LogP contribution in [0.25, 0.3) is 0 Å². The van der Waals surface area contributed by atoms with E-state index >= 15 is 0 Å². The molecule has 1 saturated heterocycles. The van der Waals surface area contributed by atoms with Gasteiger partial charge in [-0.05, 0) is 52.7 Å². The van der Waals surface area contributed by atoms with E-state index in [9.17, 15) is 13.2 Å². The van der Waals surface area contributed by atoms with E-state index in [1.165, 1.54) is 17.0 Å². The molecule has 1 aromatic carbocycles. The Morgan fingerprint density at radius 2 is 1.83 bits per heavy atom. The first-order valence-corrected chi connectivity index (χ1v) is 9.45. The van der Waals surface area contributed by atoms with Gasteiger partial charge in [-0.15, -0.1) is 0 Å². The molecule has 1 aromatic rings. The summed E-state index contributed by atoms with van der Waals surface area (Å²) in [5.41, 5.74) is 0.390. The number of carbonyl (C=O) groups excluding carboxylic acids is 1. The molecule has 1 amide bonds. The first-order chi connectivity index (χ1) is 11.1. The van der Waals surface area contributed by atoms with E-state index in [2.05, 4.69) is 0 Å². The molecule has 1 aliphatic heterocycles. The molecule has 0 saturated carbocycles. The van der Waals surface area contributed by atoms with E-state index < -0.39 is 27.9 Å². The van der Waals surface area contributed by atoms with Gasteiger partial charge in [-0.1, -0.05) is 17.7 Å². The van der Waals surface area contributed by atoms with Crippen molar-refractivity contribution in [2.75, 3.05) is 13.1 Å². The van der Waals surface area contributed by atoms with E-state index in [-0.39, 0.29) is 11.4 Å². The maximum absolute atomic E-state index is 12.4. The zero-order chi connectivity index (χ0) is 18.0. The summed E-state index contributed by atoms with van der Waals surface area (Å²) in [4.78, 5) is 13.8. The van der Waals surface area contributed by atoms with Crippen molar-refractivity contribution >= 4 is 16.2 Å². The van der Waals surface area contributed by atoms with Gasteiger partial charge in [-0.25, -0.2) is 4.79 Å². The van der Waals surface area contributed by atoms with E-state index in [1.54, 1.807) is 32.9 Å². The number of rotatable bonds is 3. The molecular weight excluding hydrogens is 330 g/mol. The zero-order valence-corrected chi connectivity index (χ0v) is 15.4. The van der Waals surface area contributed by atoms with Crippen LogP contribution in [0, 0.1) is 6.92 Å². The molecule has 2 rings (SSSR count). The summed E-state index contributed by atoms with van der Waals surface area (Å²) in [7, 11) is -3.84. The number of carbonyl (C=O) groups is 1. The number of amides is 1. The van der Waals surface area contributed by atoms with E-state index in [0.29, 0.717) is 19.4 Å². The van der Waals surface area contributed by atoms with Gasteiger partial charge >= 0.3 is 6.09 Å². The van der Waals surface area contributed by atoms with Crippen LogP contribution in [0.1, 0.15) is 39.2 Å². The third-order valence-corrected chi connectivity index (χ3v) is 4.98. The lowest BCUT2D eigenvalue weighted by Gasteiger charge is -2.33. The van der Waals surface area contributed by atoms with Crippen LogP contribution < -0.4 is 0 Å². The second-order valence-electron chi connectivity index (χ2n) is 7.05. The molecule has 1 aliphatic rings. The van der Waals surface area contributed by atoms with Crippen molar-refractivity contribution in [1.82, 2.24) is 4.90 Å². The monoisotopic (exact) mass is 355 g/mol. The van der Waals surface area contributed by atoms with Gasteiger partial charge in [0.2, 0.25) is 0 Å². The van der Waals surface area contributed by atoms with Crippen molar-refractivity contribution in [1.29, 1.82) is 0 Å². The summed E-state index contributed by atoms with van der Waals surface area (Å²) in [5.74, 6) is 0. The molecule has 1 atom stereocenters. The lowest BCUT2D eigenvalue weighted by Crippen LogP contribution is -2.45. The Morgan fingerprint density at radius 3 is 2.42 bits per heavy atom. The summed E-state index contributed by atoms with van der Waals surface area (Å²) >= 11 is 0. The SMILES string of the molecule is Cc1ccc(S(=O)(=O)O[C@@H]2CCCN(C(=O)OC(C)(C)C)C2)cc1. The van der Waals surface area contributed by atoms with Crippen LogP contribution in [-0.4, -0.2) is 44.2 Å². The molecule has 7 heteroatoms. The van der Waals surface area contributed by atoms with Crippen LogP contribution in [0.2, 0.25) is 0 Å². The fourth-order valence-corrected chi connectivity index (χ4v) is 3.54. The molecule has 6 nitrogen and oxygen atoms in total. The standard InChI is InChI=1S/C17H25NO5S/c1-13-7-9-15(10-8-13)24(20,21)23-14-6-5-11-18(12-14)16(19)22-17(2,3)4/h7-10,14H,5-6,11-12H2,1-4H3/t14-/m1/s1. The number of benzene rings is 1. The number of aryl methyl sites for hydroxylation is 1. The number of likely N-dealkylation sites (tertiary alicyclic amines) is 1. The molecule has 0 spiro atoms. The maximum atomic E-state index is 12.4. The maximum Gasteiger partial charge on any atom is 0.410 e. The number of hydrogen-bond acceptors (Lipinski definition) is 5. The molecule has 0 bridgehead atoms. The van der Waals surface area contributed by atoms with Crippen LogP contribution in [0.15, 0.2) is 29.2 Å². The second kappa shape index (κ2) is 7.11. The highest BCUT2D eigenvalue weighted by atomic mass is 32.2. The minimum absolute atomic E-state index is 0.127. The van der Waals surface area contributed by atoms with Gasteiger partial charge in [0.1, 0.15) is 5.60 Å². The van der Waals surface area contributed by atoms with Crippen molar-refractivity contribution in [3.63, 3.8) is 0 Å². The number of hydrogen-bond donors (Lipinski definition) is 0. The smallest absolute Gasteiger partial charge is 0.410 e. The van der Waals surface area contributed by atoms with Gasteiger partial charge in [0.05, 0.1) is 17.5 Å². The quantitative estimate of drug-likeness (QED) is 0.779. The Morgan fingerprint density at radius 1 is 1.21 bits per heavy atom. The second-order valence-corrected chi connectivity index (χ2v) is 8.63. The predicted molar refractivity (Wildman–Crippen MR) is 90.3 cm³/mol. The van der Waals surface area contributed by atoms with Crippen LogP contribution in [0.4, 0.5) is 4.79 Å². The van der Waals surface area contributed by atoms with Gasteiger partial charge in [-0.2, -0.15) is 8.42 Å². The van der Waals surface area contributed by atoms with Crippen molar-refractivity contribution in [2.45, 2.75) is 57.1 Å². The van der Waals surface area contributed by atoms with Crippen LogP contribution in [0.5, 0.6) is 0 Å². The van der Waals surface area contributed by atoms with Gasteiger partial charge in [-0.3, -0.25) is 4.18 Å². The first-order valence-electron chi connectivity index (χ1n) is 8.05.